The molecule has 0 bridgehead atoms. The molecule has 0 atom stereocenters. The van der Waals surface area contributed by atoms with E-state index in [0.29, 0.717) is 12.6 Å². The summed E-state index contributed by atoms with van der Waals surface area (Å²) in [7, 11) is 0. The fraction of sp³-hybridized carbons (Fsp3) is 0.364. The molecule has 1 rings (SSSR count). The van der Waals surface area contributed by atoms with Crippen LogP contribution in [-0.2, 0) is 6.54 Å². The highest BCUT2D eigenvalue weighted by atomic mass is 19.2. The molecule has 2 nitrogen and oxygen atoms in total. The molecule has 0 radical (unpaired) electrons. The molecule has 86 valence electrons. The number of hydrogen-bond donors (Lipinski definition) is 0. The zero-order chi connectivity index (χ0) is 12.1. The number of benzene rings is 1. The second kappa shape index (κ2) is 5.52. The summed E-state index contributed by atoms with van der Waals surface area (Å²) < 4.78 is 38.8. The van der Waals surface area contributed by atoms with Gasteiger partial charge in [-0.3, -0.25) is 4.90 Å². The van der Waals surface area contributed by atoms with Crippen molar-refractivity contribution < 1.29 is 13.2 Å². The van der Waals surface area contributed by atoms with Gasteiger partial charge in [0.2, 0.25) is 0 Å². The van der Waals surface area contributed by atoms with Crippen molar-refractivity contribution in [2.45, 2.75) is 13.5 Å². The van der Waals surface area contributed by atoms with Crippen LogP contribution in [-0.4, -0.2) is 18.0 Å². The quantitative estimate of drug-likeness (QED) is 0.584. The minimum atomic E-state index is -1.20. The van der Waals surface area contributed by atoms with Gasteiger partial charge in [-0.2, -0.15) is 5.26 Å². The number of halogens is 3. The molecule has 0 heterocycles. The molecule has 1 aromatic rings. The molecule has 5 heteroatoms. The van der Waals surface area contributed by atoms with Crippen molar-refractivity contribution in [1.29, 1.82) is 5.26 Å². The molecule has 0 spiro atoms. The average molecular weight is 228 g/mol. The molecule has 1 aromatic carbocycles. The maximum atomic E-state index is 13.3. The maximum absolute atomic E-state index is 13.3. The largest absolute Gasteiger partial charge is 0.286 e. The van der Waals surface area contributed by atoms with Gasteiger partial charge in [-0.15, -0.1) is 0 Å². The minimum Gasteiger partial charge on any atom is -0.286 e. The maximum Gasteiger partial charge on any atom is 0.161 e. The standard InChI is InChI=1S/C11H11F3N2/c1-2-16(4-3-15)7-8-5-10(13)11(14)6-9(8)12/h5-6H,2,4,7H2,1H3. The third-order valence-corrected chi connectivity index (χ3v) is 2.22. The van der Waals surface area contributed by atoms with Gasteiger partial charge in [-0.25, -0.2) is 13.2 Å². The topological polar surface area (TPSA) is 27.0 Å². The number of hydrogen-bond acceptors (Lipinski definition) is 2. The molecular formula is C11H11F3N2. The van der Waals surface area contributed by atoms with Crippen molar-refractivity contribution in [2.24, 2.45) is 0 Å². The van der Waals surface area contributed by atoms with E-state index in [0.717, 1.165) is 6.07 Å². The van der Waals surface area contributed by atoms with Crippen LogP contribution in [0.1, 0.15) is 12.5 Å². The Morgan fingerprint density at radius 2 is 1.81 bits per heavy atom. The summed E-state index contributed by atoms with van der Waals surface area (Å²) in [6.45, 7) is 2.54. The van der Waals surface area contributed by atoms with E-state index in [2.05, 4.69) is 0 Å². The smallest absolute Gasteiger partial charge is 0.161 e. The van der Waals surface area contributed by atoms with E-state index in [4.69, 9.17) is 5.26 Å². The van der Waals surface area contributed by atoms with E-state index in [1.165, 1.54) is 0 Å². The predicted molar refractivity (Wildman–Crippen MR) is 52.9 cm³/mol. The van der Waals surface area contributed by atoms with Gasteiger partial charge in [0.1, 0.15) is 5.82 Å². The van der Waals surface area contributed by atoms with Crippen molar-refractivity contribution in [1.82, 2.24) is 4.90 Å². The van der Waals surface area contributed by atoms with Gasteiger partial charge in [0.15, 0.2) is 11.6 Å². The van der Waals surface area contributed by atoms with Crippen LogP contribution in [0.25, 0.3) is 0 Å². The Morgan fingerprint density at radius 1 is 1.19 bits per heavy atom. The summed E-state index contributed by atoms with van der Waals surface area (Å²) in [5.41, 5.74) is 0.0519. The lowest BCUT2D eigenvalue weighted by atomic mass is 10.2. The zero-order valence-corrected chi connectivity index (χ0v) is 8.80. The summed E-state index contributed by atoms with van der Waals surface area (Å²) in [4.78, 5) is 1.62. The molecule has 0 aliphatic carbocycles. The highest BCUT2D eigenvalue weighted by Crippen LogP contribution is 2.15. The summed E-state index contributed by atoms with van der Waals surface area (Å²) >= 11 is 0. The van der Waals surface area contributed by atoms with Crippen LogP contribution in [0.15, 0.2) is 12.1 Å². The third-order valence-electron chi connectivity index (χ3n) is 2.22. The molecule has 0 aliphatic rings. The van der Waals surface area contributed by atoms with Crippen LogP contribution in [0.5, 0.6) is 0 Å². The van der Waals surface area contributed by atoms with Gasteiger partial charge < -0.3 is 0 Å². The zero-order valence-electron chi connectivity index (χ0n) is 8.80. The van der Waals surface area contributed by atoms with Crippen LogP contribution < -0.4 is 0 Å². The van der Waals surface area contributed by atoms with Crippen molar-refractivity contribution in [3.05, 3.63) is 35.1 Å². The lowest BCUT2D eigenvalue weighted by molar-refractivity contribution is 0.308. The van der Waals surface area contributed by atoms with E-state index in [9.17, 15) is 13.2 Å². The second-order valence-electron chi connectivity index (χ2n) is 3.32. The van der Waals surface area contributed by atoms with Crippen LogP contribution in [0.4, 0.5) is 13.2 Å². The molecule has 0 N–H and O–H groups in total. The first-order valence-electron chi connectivity index (χ1n) is 4.81. The monoisotopic (exact) mass is 228 g/mol. The van der Waals surface area contributed by atoms with Crippen molar-refractivity contribution in [2.75, 3.05) is 13.1 Å². The lowest BCUT2D eigenvalue weighted by Gasteiger charge is -2.16. The van der Waals surface area contributed by atoms with E-state index in [1.807, 2.05) is 6.07 Å². The molecule has 16 heavy (non-hydrogen) atoms. The molecule has 0 saturated heterocycles. The molecule has 0 saturated carbocycles. The minimum absolute atomic E-state index is 0.0519. The van der Waals surface area contributed by atoms with E-state index in [1.54, 1.807) is 11.8 Å². The van der Waals surface area contributed by atoms with Gasteiger partial charge in [0, 0.05) is 18.2 Å². The summed E-state index contributed by atoms with van der Waals surface area (Å²) in [5.74, 6) is -3.08. The Kier molecular flexibility index (Phi) is 4.32. The summed E-state index contributed by atoms with van der Waals surface area (Å²) in [5, 5.41) is 8.49. The summed E-state index contributed by atoms with van der Waals surface area (Å²) in [6, 6.07) is 3.26. The third kappa shape index (κ3) is 2.97. The predicted octanol–water partition coefficient (Wildman–Crippen LogP) is 2.45. The summed E-state index contributed by atoms with van der Waals surface area (Å²) in [6.07, 6.45) is 0. The molecule has 0 fully saturated rings. The lowest BCUT2D eigenvalue weighted by Crippen LogP contribution is -2.23. The Morgan fingerprint density at radius 3 is 2.38 bits per heavy atom. The normalized spacial score (nSPS) is 10.5. The molecule has 0 amide bonds. The van der Waals surface area contributed by atoms with Gasteiger partial charge in [0.25, 0.3) is 0 Å². The van der Waals surface area contributed by atoms with E-state index >= 15 is 0 Å². The first-order chi connectivity index (χ1) is 7.58. The number of nitrogens with zero attached hydrogens (tertiary/aromatic N) is 2. The SMILES string of the molecule is CCN(CC#N)Cc1cc(F)c(F)cc1F. The van der Waals surface area contributed by atoms with Crippen LogP contribution in [0.2, 0.25) is 0 Å². The fourth-order valence-corrected chi connectivity index (χ4v) is 1.31. The van der Waals surface area contributed by atoms with Gasteiger partial charge >= 0.3 is 0 Å². The molecule has 0 unspecified atom stereocenters. The fourth-order valence-electron chi connectivity index (χ4n) is 1.31. The first-order valence-corrected chi connectivity index (χ1v) is 4.81. The van der Waals surface area contributed by atoms with Gasteiger partial charge in [0.05, 0.1) is 12.6 Å². The Bertz CT molecular complexity index is 412. The Labute approximate surface area is 91.9 Å². The second-order valence-corrected chi connectivity index (χ2v) is 3.32. The Balaban J connectivity index is 2.88. The molecular weight excluding hydrogens is 217 g/mol. The van der Waals surface area contributed by atoms with E-state index in [-0.39, 0.29) is 18.7 Å². The number of rotatable bonds is 4. The van der Waals surface area contributed by atoms with Crippen LogP contribution >= 0.6 is 0 Å². The van der Waals surface area contributed by atoms with Gasteiger partial charge in [-0.05, 0) is 12.6 Å². The first kappa shape index (κ1) is 12.5. The van der Waals surface area contributed by atoms with Crippen LogP contribution in [0, 0.1) is 28.8 Å². The number of nitriles is 1. The molecule has 0 aliphatic heterocycles. The highest BCUT2D eigenvalue weighted by Gasteiger charge is 2.12. The Hall–Kier alpha value is -1.54. The van der Waals surface area contributed by atoms with Crippen molar-refractivity contribution >= 4 is 0 Å². The van der Waals surface area contributed by atoms with Crippen molar-refractivity contribution in [3.63, 3.8) is 0 Å². The highest BCUT2D eigenvalue weighted by molar-refractivity contribution is 5.20. The molecule has 0 aromatic heterocycles. The van der Waals surface area contributed by atoms with E-state index < -0.39 is 17.5 Å². The average Bonchev–Trinajstić information content (AvgIpc) is 2.25. The van der Waals surface area contributed by atoms with Crippen LogP contribution in [0.3, 0.4) is 0 Å². The van der Waals surface area contributed by atoms with Gasteiger partial charge in [-0.1, -0.05) is 6.92 Å². The van der Waals surface area contributed by atoms with Crippen molar-refractivity contribution in [3.8, 4) is 6.07 Å².